The van der Waals surface area contributed by atoms with Crippen LogP contribution in [-0.2, 0) is 24.0 Å². The van der Waals surface area contributed by atoms with Crippen LogP contribution < -0.4 is 33.2 Å². The number of carboxylic acids is 2. The minimum Gasteiger partial charge on any atom is -0.481 e. The van der Waals surface area contributed by atoms with Crippen molar-refractivity contribution >= 4 is 60.0 Å². The fourth-order valence-electron chi connectivity index (χ4n) is 2.56. The molecule has 34 heavy (non-hydrogen) atoms. The molecule has 0 saturated carbocycles. The van der Waals surface area contributed by atoms with Crippen molar-refractivity contribution in [1.82, 2.24) is 16.0 Å². The van der Waals surface area contributed by atoms with Gasteiger partial charge in [-0.05, 0) is 31.3 Å². The summed E-state index contributed by atoms with van der Waals surface area (Å²) in [6.07, 6.45) is 1.35. The Bertz CT molecular complexity index is 750. The zero-order chi connectivity index (χ0) is 26.3. The van der Waals surface area contributed by atoms with Crippen LogP contribution in [0.2, 0.25) is 0 Å². The third-order valence-corrected chi connectivity index (χ3v) is 5.39. The van der Waals surface area contributed by atoms with E-state index in [0.29, 0.717) is 5.75 Å². The number of hydrogen-bond donors (Lipinski definition) is 9. The molecule has 0 aliphatic rings. The van der Waals surface area contributed by atoms with Gasteiger partial charge in [-0.25, -0.2) is 4.79 Å². The second-order valence-electron chi connectivity index (χ2n) is 7.14. The molecule has 0 aromatic heterocycles. The van der Waals surface area contributed by atoms with Gasteiger partial charge in [0.1, 0.15) is 18.1 Å². The molecule has 0 spiro atoms. The highest BCUT2D eigenvalue weighted by Gasteiger charge is 2.31. The minimum absolute atomic E-state index is 0.00480. The number of thiol groups is 1. The Morgan fingerprint density at radius 1 is 0.941 bits per heavy atom. The lowest BCUT2D eigenvalue weighted by molar-refractivity contribution is -0.143. The van der Waals surface area contributed by atoms with Gasteiger partial charge in [-0.1, -0.05) is 0 Å². The Morgan fingerprint density at radius 3 is 2.00 bits per heavy atom. The highest BCUT2D eigenvalue weighted by Crippen LogP contribution is 2.05. The Kier molecular flexibility index (Phi) is 15.5. The van der Waals surface area contributed by atoms with Gasteiger partial charge in [-0.15, -0.1) is 0 Å². The van der Waals surface area contributed by atoms with Gasteiger partial charge < -0.3 is 43.4 Å². The van der Waals surface area contributed by atoms with Crippen LogP contribution in [0.1, 0.15) is 25.7 Å². The molecule has 0 aliphatic heterocycles. The molecule has 0 rings (SSSR count). The van der Waals surface area contributed by atoms with Gasteiger partial charge in [0.25, 0.3) is 0 Å². The summed E-state index contributed by atoms with van der Waals surface area (Å²) in [6, 6.07) is -5.06. The average Bonchev–Trinajstić information content (AvgIpc) is 2.76. The number of aliphatic imine (C=N–C) groups is 1. The number of carbonyl (C=O) groups excluding carboxylic acids is 3. The number of carboxylic acid groups (broad SMARTS) is 2. The van der Waals surface area contributed by atoms with Crippen molar-refractivity contribution in [2.45, 2.75) is 49.9 Å². The van der Waals surface area contributed by atoms with Gasteiger partial charge in [-0.2, -0.15) is 24.4 Å². The van der Waals surface area contributed by atoms with Crippen LogP contribution >= 0.6 is 24.4 Å². The van der Waals surface area contributed by atoms with E-state index in [0.717, 1.165) is 0 Å². The number of amides is 3. The summed E-state index contributed by atoms with van der Waals surface area (Å²) in [4.78, 5) is 64.1. The lowest BCUT2D eigenvalue weighted by Crippen LogP contribution is -2.57. The Balaban J connectivity index is 5.51. The smallest absolute Gasteiger partial charge is 0.326 e. The maximum Gasteiger partial charge on any atom is 0.326 e. The van der Waals surface area contributed by atoms with Gasteiger partial charge in [-0.3, -0.25) is 24.2 Å². The lowest BCUT2D eigenvalue weighted by Gasteiger charge is -2.24. The van der Waals surface area contributed by atoms with Crippen LogP contribution in [0.5, 0.6) is 0 Å². The molecule has 0 fully saturated rings. The van der Waals surface area contributed by atoms with E-state index in [9.17, 15) is 29.1 Å². The fraction of sp³-hybridized carbons (Fsp3) is 0.667. The number of rotatable bonds is 17. The number of guanidine groups is 1. The van der Waals surface area contributed by atoms with Crippen molar-refractivity contribution in [1.29, 1.82) is 0 Å². The minimum atomic E-state index is -1.59. The first kappa shape index (κ1) is 31.3. The maximum absolute atomic E-state index is 12.8. The largest absolute Gasteiger partial charge is 0.481 e. The Labute approximate surface area is 206 Å². The molecular weight excluding hydrogens is 490 g/mol. The van der Waals surface area contributed by atoms with E-state index in [1.165, 1.54) is 11.8 Å². The quantitative estimate of drug-likeness (QED) is 0.0403. The summed E-state index contributed by atoms with van der Waals surface area (Å²) in [5.74, 6) is -4.94. The normalized spacial score (nSPS) is 14.1. The van der Waals surface area contributed by atoms with E-state index in [-0.39, 0.29) is 37.5 Å². The van der Waals surface area contributed by atoms with Crippen molar-refractivity contribution in [3.05, 3.63) is 0 Å². The van der Waals surface area contributed by atoms with Crippen molar-refractivity contribution < 1.29 is 34.2 Å². The Hall–Kier alpha value is -2.72. The van der Waals surface area contributed by atoms with E-state index in [2.05, 4.69) is 33.6 Å². The predicted molar refractivity (Wildman–Crippen MR) is 130 cm³/mol. The molecule has 4 atom stereocenters. The van der Waals surface area contributed by atoms with Gasteiger partial charge in [0.2, 0.25) is 17.7 Å². The molecule has 0 bridgehead atoms. The molecular formula is C18H33N7O7S2. The number of hydrogen-bond acceptors (Lipinski definition) is 9. The number of nitrogens with two attached hydrogens (primary N) is 3. The highest BCUT2D eigenvalue weighted by molar-refractivity contribution is 7.98. The first-order chi connectivity index (χ1) is 15.9. The molecule has 0 aromatic carbocycles. The monoisotopic (exact) mass is 523 g/mol. The molecule has 194 valence electrons. The van der Waals surface area contributed by atoms with Crippen molar-refractivity contribution in [3.63, 3.8) is 0 Å². The third-order valence-electron chi connectivity index (χ3n) is 4.35. The topological polar surface area (TPSA) is 252 Å². The number of aliphatic carboxylic acids is 2. The molecule has 3 amide bonds. The number of nitrogens with zero attached hydrogens (tertiary/aromatic N) is 1. The summed E-state index contributed by atoms with van der Waals surface area (Å²) in [6.45, 7) is 0.148. The molecule has 0 saturated heterocycles. The van der Waals surface area contributed by atoms with E-state index in [1.807, 2.05) is 0 Å². The predicted octanol–water partition coefficient (Wildman–Crippen LogP) is -2.94. The number of thioether (sulfide) groups is 1. The zero-order valence-electron chi connectivity index (χ0n) is 18.7. The van der Waals surface area contributed by atoms with Gasteiger partial charge in [0, 0.05) is 12.3 Å². The molecule has 14 nitrogen and oxygen atoms in total. The molecule has 4 unspecified atom stereocenters. The first-order valence-corrected chi connectivity index (χ1v) is 12.2. The molecule has 0 aliphatic carbocycles. The maximum atomic E-state index is 12.8. The van der Waals surface area contributed by atoms with Crippen molar-refractivity contribution in [2.24, 2.45) is 22.2 Å². The van der Waals surface area contributed by atoms with Crippen LogP contribution in [0.4, 0.5) is 0 Å². The van der Waals surface area contributed by atoms with Crippen molar-refractivity contribution in [3.8, 4) is 0 Å². The Morgan fingerprint density at radius 2 is 1.50 bits per heavy atom. The van der Waals surface area contributed by atoms with Gasteiger partial charge in [0.15, 0.2) is 5.96 Å². The first-order valence-electron chi connectivity index (χ1n) is 10.2. The highest BCUT2D eigenvalue weighted by atomic mass is 32.2. The second kappa shape index (κ2) is 16.8. The lowest BCUT2D eigenvalue weighted by atomic mass is 10.1. The summed E-state index contributed by atoms with van der Waals surface area (Å²) in [5.41, 5.74) is 16.1. The molecule has 0 radical (unpaired) electrons. The SMILES string of the molecule is CSCCC(NC(=O)C(CC(=O)O)NC(=O)C(CCCN=C(N)N)NC(=O)C(N)CS)C(=O)O. The van der Waals surface area contributed by atoms with E-state index >= 15 is 0 Å². The van der Waals surface area contributed by atoms with Crippen LogP contribution in [0.3, 0.4) is 0 Å². The van der Waals surface area contributed by atoms with Crippen LogP contribution in [0.15, 0.2) is 4.99 Å². The van der Waals surface area contributed by atoms with Crippen LogP contribution in [0, 0.1) is 0 Å². The molecule has 16 heteroatoms. The number of carbonyl (C=O) groups is 5. The van der Waals surface area contributed by atoms with Crippen molar-refractivity contribution in [2.75, 3.05) is 24.3 Å². The second-order valence-corrected chi connectivity index (χ2v) is 8.49. The van der Waals surface area contributed by atoms with Gasteiger partial charge >= 0.3 is 11.9 Å². The zero-order valence-corrected chi connectivity index (χ0v) is 20.4. The molecule has 11 N–H and O–H groups in total. The third kappa shape index (κ3) is 13.1. The molecule has 0 aromatic rings. The number of nitrogens with one attached hydrogen (secondary N) is 3. The van der Waals surface area contributed by atoms with Crippen LogP contribution in [0.25, 0.3) is 0 Å². The standard InChI is InChI=1S/C18H33N7O7S2/c1-34-6-4-11(17(31)32)24-16(30)12(7-13(26)27)25-15(29)10(3-2-5-22-18(20)21)23-14(28)9(19)8-33/h9-12,33H,2-8,19H2,1H3,(H,23,28)(H,24,30)(H,25,29)(H,26,27)(H,31,32)(H4,20,21,22). The van der Waals surface area contributed by atoms with E-state index in [1.54, 1.807) is 6.26 Å². The van der Waals surface area contributed by atoms with E-state index < -0.39 is 60.2 Å². The average molecular weight is 524 g/mol. The van der Waals surface area contributed by atoms with Crippen LogP contribution in [-0.4, -0.2) is 94.3 Å². The fourth-order valence-corrected chi connectivity index (χ4v) is 3.19. The molecule has 0 heterocycles. The summed E-state index contributed by atoms with van der Waals surface area (Å²) >= 11 is 5.30. The summed E-state index contributed by atoms with van der Waals surface area (Å²) in [5, 5.41) is 25.4. The summed E-state index contributed by atoms with van der Waals surface area (Å²) in [7, 11) is 0. The van der Waals surface area contributed by atoms with E-state index in [4.69, 9.17) is 22.3 Å². The van der Waals surface area contributed by atoms with Gasteiger partial charge in [0.05, 0.1) is 12.5 Å². The summed E-state index contributed by atoms with van der Waals surface area (Å²) < 4.78 is 0.